The number of carbonyl (C=O) groups is 1. The van der Waals surface area contributed by atoms with Gasteiger partial charge in [0.15, 0.2) is 0 Å². The number of hydrogen-bond acceptors (Lipinski definition) is 2. The van der Waals surface area contributed by atoms with Gasteiger partial charge >= 0.3 is 0 Å². The summed E-state index contributed by atoms with van der Waals surface area (Å²) in [4.78, 5) is 14.3. The molecule has 4 heteroatoms. The summed E-state index contributed by atoms with van der Waals surface area (Å²) in [5.41, 5.74) is 1.87. The summed E-state index contributed by atoms with van der Waals surface area (Å²) >= 11 is 3.45. The number of amides is 1. The van der Waals surface area contributed by atoms with Crippen LogP contribution >= 0.6 is 15.9 Å². The van der Waals surface area contributed by atoms with Gasteiger partial charge < -0.3 is 10.2 Å². The van der Waals surface area contributed by atoms with Crippen LogP contribution in [0, 0.1) is 6.92 Å². The van der Waals surface area contributed by atoms with E-state index in [2.05, 4.69) is 21.2 Å². The van der Waals surface area contributed by atoms with Crippen LogP contribution in [-0.4, -0.2) is 37.0 Å². The van der Waals surface area contributed by atoms with Crippen LogP contribution in [0.1, 0.15) is 28.8 Å². The van der Waals surface area contributed by atoms with Gasteiger partial charge in [0.2, 0.25) is 0 Å². The van der Waals surface area contributed by atoms with Crippen molar-refractivity contribution in [1.29, 1.82) is 0 Å². The minimum absolute atomic E-state index is 0.117. The second kappa shape index (κ2) is 5.85. The quantitative estimate of drug-likeness (QED) is 0.910. The Morgan fingerprint density at radius 3 is 2.61 bits per heavy atom. The molecule has 18 heavy (non-hydrogen) atoms. The zero-order valence-electron chi connectivity index (χ0n) is 10.9. The van der Waals surface area contributed by atoms with Crippen molar-refractivity contribution < 1.29 is 4.79 Å². The molecular formula is C14H19BrN2O. The zero-order valence-corrected chi connectivity index (χ0v) is 12.5. The van der Waals surface area contributed by atoms with Gasteiger partial charge in [-0.3, -0.25) is 4.79 Å². The van der Waals surface area contributed by atoms with E-state index in [9.17, 15) is 4.79 Å². The van der Waals surface area contributed by atoms with Crippen molar-refractivity contribution in [2.45, 2.75) is 25.8 Å². The molecule has 0 saturated carbocycles. The maximum absolute atomic E-state index is 12.4. The lowest BCUT2D eigenvalue weighted by molar-refractivity contribution is 0.0703. The number of halogens is 1. The average Bonchev–Trinajstić information content (AvgIpc) is 2.37. The molecule has 1 fully saturated rings. The highest BCUT2D eigenvalue weighted by atomic mass is 79.9. The fourth-order valence-corrected chi connectivity index (χ4v) is 3.03. The van der Waals surface area contributed by atoms with Gasteiger partial charge in [0.1, 0.15) is 0 Å². The molecule has 0 unspecified atom stereocenters. The van der Waals surface area contributed by atoms with Gasteiger partial charge in [0, 0.05) is 23.1 Å². The molecule has 1 aliphatic heterocycles. The van der Waals surface area contributed by atoms with Crippen LogP contribution in [0.4, 0.5) is 0 Å². The number of carbonyl (C=O) groups excluding carboxylic acids is 1. The lowest BCUT2D eigenvalue weighted by Gasteiger charge is -2.31. The molecule has 0 atom stereocenters. The highest BCUT2D eigenvalue weighted by Gasteiger charge is 2.22. The SMILES string of the molecule is Cc1cc(Br)cc(C(=O)N(C)C2CCNCC2)c1. The Balaban J connectivity index is 2.14. The third kappa shape index (κ3) is 3.12. The summed E-state index contributed by atoms with van der Waals surface area (Å²) in [6.45, 7) is 4.01. The molecule has 1 heterocycles. The van der Waals surface area contributed by atoms with Gasteiger partial charge in [-0.05, 0) is 56.6 Å². The lowest BCUT2D eigenvalue weighted by atomic mass is 10.0. The van der Waals surface area contributed by atoms with Crippen molar-refractivity contribution in [3.63, 3.8) is 0 Å². The minimum Gasteiger partial charge on any atom is -0.339 e. The predicted molar refractivity (Wildman–Crippen MR) is 76.9 cm³/mol. The van der Waals surface area contributed by atoms with E-state index in [1.54, 1.807) is 0 Å². The van der Waals surface area contributed by atoms with Crippen LogP contribution in [0.3, 0.4) is 0 Å². The summed E-state index contributed by atoms with van der Waals surface area (Å²) in [5.74, 6) is 0.117. The third-order valence-electron chi connectivity index (χ3n) is 3.47. The second-order valence-corrected chi connectivity index (χ2v) is 5.83. The number of nitrogens with zero attached hydrogens (tertiary/aromatic N) is 1. The highest BCUT2D eigenvalue weighted by Crippen LogP contribution is 2.19. The van der Waals surface area contributed by atoms with Crippen LogP contribution in [0.2, 0.25) is 0 Å². The van der Waals surface area contributed by atoms with Gasteiger partial charge in [-0.1, -0.05) is 15.9 Å². The standard InChI is InChI=1S/C14H19BrN2O/c1-10-7-11(9-12(15)8-10)14(18)17(2)13-3-5-16-6-4-13/h7-9,13,16H,3-6H2,1-2H3. The monoisotopic (exact) mass is 310 g/mol. The number of benzene rings is 1. The topological polar surface area (TPSA) is 32.3 Å². The van der Waals surface area contributed by atoms with E-state index in [4.69, 9.17) is 0 Å². The van der Waals surface area contributed by atoms with E-state index in [1.165, 1.54) is 0 Å². The van der Waals surface area contributed by atoms with Crippen molar-refractivity contribution in [3.8, 4) is 0 Å². The minimum atomic E-state index is 0.117. The molecule has 0 aliphatic carbocycles. The fraction of sp³-hybridized carbons (Fsp3) is 0.500. The van der Waals surface area contributed by atoms with Crippen molar-refractivity contribution in [2.24, 2.45) is 0 Å². The number of piperidine rings is 1. The Kier molecular flexibility index (Phi) is 4.40. The Bertz CT molecular complexity index is 421. The van der Waals surface area contributed by atoms with Crippen LogP contribution < -0.4 is 5.32 Å². The molecule has 1 amide bonds. The Morgan fingerprint density at radius 1 is 1.33 bits per heavy atom. The van der Waals surface area contributed by atoms with Crippen molar-refractivity contribution in [1.82, 2.24) is 10.2 Å². The maximum Gasteiger partial charge on any atom is 0.253 e. The van der Waals surface area contributed by atoms with Crippen molar-refractivity contribution >= 4 is 21.8 Å². The van der Waals surface area contributed by atoms with Gasteiger partial charge in [-0.2, -0.15) is 0 Å². The number of nitrogens with one attached hydrogen (secondary N) is 1. The molecule has 0 spiro atoms. The normalized spacial score (nSPS) is 16.6. The Hall–Kier alpha value is -0.870. The molecule has 98 valence electrons. The first-order valence-electron chi connectivity index (χ1n) is 6.33. The molecular weight excluding hydrogens is 292 g/mol. The van der Waals surface area contributed by atoms with Crippen LogP contribution in [-0.2, 0) is 0 Å². The first kappa shape index (κ1) is 13.6. The van der Waals surface area contributed by atoms with Crippen molar-refractivity contribution in [2.75, 3.05) is 20.1 Å². The van der Waals surface area contributed by atoms with E-state index >= 15 is 0 Å². The highest BCUT2D eigenvalue weighted by molar-refractivity contribution is 9.10. The van der Waals surface area contributed by atoms with Crippen LogP contribution in [0.25, 0.3) is 0 Å². The van der Waals surface area contributed by atoms with Gasteiger partial charge in [0.25, 0.3) is 5.91 Å². The van der Waals surface area contributed by atoms with Gasteiger partial charge in [-0.25, -0.2) is 0 Å². The summed E-state index contributed by atoms with van der Waals surface area (Å²) in [6, 6.07) is 6.22. The van der Waals surface area contributed by atoms with E-state index in [1.807, 2.05) is 37.1 Å². The Morgan fingerprint density at radius 2 is 2.00 bits per heavy atom. The molecule has 1 aromatic rings. The largest absolute Gasteiger partial charge is 0.339 e. The van der Waals surface area contributed by atoms with E-state index in [0.29, 0.717) is 6.04 Å². The zero-order chi connectivity index (χ0) is 13.1. The van der Waals surface area contributed by atoms with E-state index in [0.717, 1.165) is 41.5 Å². The van der Waals surface area contributed by atoms with Crippen LogP contribution in [0.15, 0.2) is 22.7 Å². The molecule has 1 aliphatic rings. The molecule has 2 rings (SSSR count). The van der Waals surface area contributed by atoms with Crippen LogP contribution in [0.5, 0.6) is 0 Å². The number of hydrogen-bond donors (Lipinski definition) is 1. The summed E-state index contributed by atoms with van der Waals surface area (Å²) < 4.78 is 0.963. The third-order valence-corrected chi connectivity index (χ3v) is 3.92. The number of rotatable bonds is 2. The number of aryl methyl sites for hydroxylation is 1. The molecule has 1 N–H and O–H groups in total. The Labute approximate surface area is 117 Å². The fourth-order valence-electron chi connectivity index (χ4n) is 2.42. The molecule has 0 aromatic heterocycles. The summed E-state index contributed by atoms with van der Waals surface area (Å²) in [5, 5.41) is 3.32. The summed E-state index contributed by atoms with van der Waals surface area (Å²) in [7, 11) is 1.91. The van der Waals surface area contributed by atoms with Gasteiger partial charge in [0.05, 0.1) is 0 Å². The smallest absolute Gasteiger partial charge is 0.253 e. The molecule has 0 bridgehead atoms. The average molecular weight is 311 g/mol. The molecule has 3 nitrogen and oxygen atoms in total. The van der Waals surface area contributed by atoms with Gasteiger partial charge in [-0.15, -0.1) is 0 Å². The molecule has 1 aromatic carbocycles. The predicted octanol–water partition coefficient (Wildman–Crippen LogP) is 2.58. The molecule has 0 radical (unpaired) electrons. The van der Waals surface area contributed by atoms with E-state index < -0.39 is 0 Å². The lowest BCUT2D eigenvalue weighted by Crippen LogP contribution is -2.43. The van der Waals surface area contributed by atoms with Crippen molar-refractivity contribution in [3.05, 3.63) is 33.8 Å². The first-order valence-corrected chi connectivity index (χ1v) is 7.12. The van der Waals surface area contributed by atoms with E-state index in [-0.39, 0.29) is 5.91 Å². The maximum atomic E-state index is 12.4. The first-order chi connectivity index (χ1) is 8.58. The molecule has 1 saturated heterocycles. The summed E-state index contributed by atoms with van der Waals surface area (Å²) in [6.07, 6.45) is 2.07. The second-order valence-electron chi connectivity index (χ2n) is 4.91.